The highest BCUT2D eigenvalue weighted by Gasteiger charge is 2.30. The van der Waals surface area contributed by atoms with Crippen LogP contribution in [0.4, 0.5) is 10.6 Å². The molecule has 3 heterocycles. The number of aromatic nitrogens is 3. The molecule has 1 fully saturated rings. The van der Waals surface area contributed by atoms with Crippen LogP contribution in [0, 0.1) is 5.92 Å². The van der Waals surface area contributed by atoms with E-state index in [2.05, 4.69) is 21.5 Å². The Bertz CT molecular complexity index is 1140. The lowest BCUT2D eigenvalue weighted by Gasteiger charge is -2.32. The average Bonchev–Trinajstić information content (AvgIpc) is 3.18. The molecule has 3 aromatic rings. The maximum Gasteiger partial charge on any atom is 0.410 e. The van der Waals surface area contributed by atoms with Gasteiger partial charge in [0, 0.05) is 49.4 Å². The Kier molecular flexibility index (Phi) is 5.86. The van der Waals surface area contributed by atoms with Gasteiger partial charge in [0.2, 0.25) is 5.91 Å². The van der Waals surface area contributed by atoms with Gasteiger partial charge in [-0.1, -0.05) is 12.1 Å². The zero-order chi connectivity index (χ0) is 22.9. The first kappa shape index (κ1) is 21.8. The Labute approximate surface area is 187 Å². The molecule has 168 valence electrons. The first-order valence-electron chi connectivity index (χ1n) is 10.9. The van der Waals surface area contributed by atoms with Crippen molar-refractivity contribution in [3.8, 4) is 11.1 Å². The van der Waals surface area contributed by atoms with Crippen LogP contribution in [0.5, 0.6) is 0 Å². The van der Waals surface area contributed by atoms with Crippen molar-refractivity contribution in [1.82, 2.24) is 19.7 Å². The number of pyridine rings is 1. The van der Waals surface area contributed by atoms with E-state index in [1.807, 2.05) is 58.4 Å². The molecule has 8 nitrogen and oxygen atoms in total. The molecule has 1 N–H and O–H groups in total. The van der Waals surface area contributed by atoms with E-state index in [-0.39, 0.29) is 17.9 Å². The molecule has 1 aliphatic rings. The highest BCUT2D eigenvalue weighted by Crippen LogP contribution is 2.26. The lowest BCUT2D eigenvalue weighted by Crippen LogP contribution is -2.43. The average molecular weight is 436 g/mol. The zero-order valence-electron chi connectivity index (χ0n) is 19.0. The van der Waals surface area contributed by atoms with Crippen LogP contribution in [0.25, 0.3) is 21.9 Å². The summed E-state index contributed by atoms with van der Waals surface area (Å²) >= 11 is 0. The normalized spacial score (nSPS) is 15.1. The highest BCUT2D eigenvalue weighted by atomic mass is 16.6. The molecule has 0 spiro atoms. The molecule has 1 aromatic carbocycles. The molecule has 8 heteroatoms. The van der Waals surface area contributed by atoms with E-state index in [1.165, 1.54) is 0 Å². The van der Waals surface area contributed by atoms with Crippen LogP contribution in [-0.2, 0) is 16.6 Å². The lowest BCUT2D eigenvalue weighted by molar-refractivity contribution is -0.121. The Balaban J connectivity index is 1.40. The van der Waals surface area contributed by atoms with Gasteiger partial charge >= 0.3 is 6.09 Å². The maximum atomic E-state index is 12.8. The van der Waals surface area contributed by atoms with Gasteiger partial charge in [-0.15, -0.1) is 0 Å². The fourth-order valence-corrected chi connectivity index (χ4v) is 3.84. The molecule has 32 heavy (non-hydrogen) atoms. The Morgan fingerprint density at radius 1 is 1.06 bits per heavy atom. The van der Waals surface area contributed by atoms with Gasteiger partial charge in [-0.25, -0.2) is 9.78 Å². The summed E-state index contributed by atoms with van der Waals surface area (Å²) in [6, 6.07) is 8.02. The molecule has 0 bridgehead atoms. The molecule has 0 aliphatic carbocycles. The van der Waals surface area contributed by atoms with Crippen molar-refractivity contribution in [3.63, 3.8) is 0 Å². The Morgan fingerprint density at radius 2 is 1.81 bits per heavy atom. The second-order valence-electron chi connectivity index (χ2n) is 9.27. The maximum absolute atomic E-state index is 12.8. The monoisotopic (exact) mass is 435 g/mol. The van der Waals surface area contributed by atoms with E-state index < -0.39 is 5.60 Å². The summed E-state index contributed by atoms with van der Waals surface area (Å²) < 4.78 is 7.19. The predicted octanol–water partition coefficient (Wildman–Crippen LogP) is 4.22. The third-order valence-corrected chi connectivity index (χ3v) is 5.53. The van der Waals surface area contributed by atoms with Crippen molar-refractivity contribution in [2.45, 2.75) is 39.2 Å². The Morgan fingerprint density at radius 3 is 2.47 bits per heavy atom. The molecule has 0 saturated carbocycles. The number of nitrogens with zero attached hydrogens (tertiary/aromatic N) is 4. The summed E-state index contributed by atoms with van der Waals surface area (Å²) in [6.45, 7) is 6.56. The molecular formula is C24H29N5O3. The summed E-state index contributed by atoms with van der Waals surface area (Å²) in [5.41, 5.74) is 1.57. The fraction of sp³-hybridized carbons (Fsp3) is 0.417. The molecule has 2 aromatic heterocycles. The number of amides is 2. The summed E-state index contributed by atoms with van der Waals surface area (Å²) in [7, 11) is 1.89. The van der Waals surface area contributed by atoms with Gasteiger partial charge in [-0.3, -0.25) is 9.48 Å². The van der Waals surface area contributed by atoms with Crippen molar-refractivity contribution < 1.29 is 14.3 Å². The fourth-order valence-electron chi connectivity index (χ4n) is 3.84. The summed E-state index contributed by atoms with van der Waals surface area (Å²) in [4.78, 5) is 31.1. The third kappa shape index (κ3) is 5.07. The molecular weight excluding hydrogens is 406 g/mol. The van der Waals surface area contributed by atoms with Crippen molar-refractivity contribution >= 4 is 28.6 Å². The predicted molar refractivity (Wildman–Crippen MR) is 123 cm³/mol. The van der Waals surface area contributed by atoms with Gasteiger partial charge in [0.15, 0.2) is 0 Å². The second kappa shape index (κ2) is 8.61. The minimum absolute atomic E-state index is 0.0656. The van der Waals surface area contributed by atoms with Gasteiger partial charge in [-0.05, 0) is 56.7 Å². The minimum Gasteiger partial charge on any atom is -0.444 e. The molecule has 1 saturated heterocycles. The number of carbonyl (C=O) groups is 2. The molecule has 2 amide bonds. The number of anilines is 1. The molecule has 0 unspecified atom stereocenters. The van der Waals surface area contributed by atoms with Gasteiger partial charge < -0.3 is 15.0 Å². The number of benzene rings is 1. The van der Waals surface area contributed by atoms with E-state index >= 15 is 0 Å². The number of nitrogens with one attached hydrogen (secondary N) is 1. The van der Waals surface area contributed by atoms with Crippen molar-refractivity contribution in [1.29, 1.82) is 0 Å². The van der Waals surface area contributed by atoms with Gasteiger partial charge in [0.1, 0.15) is 11.4 Å². The summed E-state index contributed by atoms with van der Waals surface area (Å²) in [5.74, 6) is 0.303. The number of carbonyl (C=O) groups excluding carboxylic acids is 2. The van der Waals surface area contributed by atoms with E-state index in [0.29, 0.717) is 31.7 Å². The lowest BCUT2D eigenvalue weighted by atomic mass is 9.96. The zero-order valence-corrected chi connectivity index (χ0v) is 19.0. The first-order valence-corrected chi connectivity index (χ1v) is 10.9. The topological polar surface area (TPSA) is 89.4 Å². The van der Waals surface area contributed by atoms with Crippen LogP contribution in [0.3, 0.4) is 0 Å². The number of aryl methyl sites for hydroxylation is 1. The third-order valence-electron chi connectivity index (χ3n) is 5.53. The summed E-state index contributed by atoms with van der Waals surface area (Å²) in [6.07, 6.45) is 6.44. The van der Waals surface area contributed by atoms with Gasteiger partial charge in [0.05, 0.1) is 6.20 Å². The van der Waals surface area contributed by atoms with Crippen LogP contribution in [0.15, 0.2) is 42.9 Å². The number of ether oxygens (including phenoxy) is 1. The number of fused-ring (bicyclic) bond motifs is 1. The Hall–Kier alpha value is -3.42. The van der Waals surface area contributed by atoms with E-state index in [4.69, 9.17) is 4.74 Å². The van der Waals surface area contributed by atoms with E-state index in [9.17, 15) is 9.59 Å². The largest absolute Gasteiger partial charge is 0.444 e. The molecule has 0 atom stereocenters. The van der Waals surface area contributed by atoms with E-state index in [0.717, 1.165) is 21.9 Å². The molecule has 4 rings (SSSR count). The number of hydrogen-bond acceptors (Lipinski definition) is 5. The van der Waals surface area contributed by atoms with Crippen LogP contribution >= 0.6 is 0 Å². The van der Waals surface area contributed by atoms with Crippen molar-refractivity contribution in [2.24, 2.45) is 13.0 Å². The first-order chi connectivity index (χ1) is 15.2. The highest BCUT2D eigenvalue weighted by molar-refractivity contribution is 5.95. The number of piperidine rings is 1. The standard InChI is InChI=1S/C24H29N5O3/c1-24(2,3)32-23(31)29-9-7-16(8-10-29)22(30)27-21-12-19-11-17(5-6-18(19)13-25-21)20-14-26-28(4)15-20/h5-6,11-16H,7-10H2,1-4H3,(H,25,27,30). The van der Waals surface area contributed by atoms with Crippen molar-refractivity contribution in [2.75, 3.05) is 18.4 Å². The summed E-state index contributed by atoms with van der Waals surface area (Å²) in [5, 5.41) is 9.18. The molecule has 0 radical (unpaired) electrons. The SMILES string of the molecule is Cn1cc(-c2ccc3cnc(NC(=O)C4CCN(C(=O)OC(C)(C)C)CC4)cc3c2)cn1. The van der Waals surface area contributed by atoms with Crippen LogP contribution < -0.4 is 5.32 Å². The quantitative estimate of drug-likeness (QED) is 0.665. The minimum atomic E-state index is -0.524. The smallest absolute Gasteiger partial charge is 0.410 e. The van der Waals surface area contributed by atoms with E-state index in [1.54, 1.807) is 15.8 Å². The van der Waals surface area contributed by atoms with Crippen LogP contribution in [0.1, 0.15) is 33.6 Å². The number of likely N-dealkylation sites (tertiary alicyclic amines) is 1. The van der Waals surface area contributed by atoms with Crippen molar-refractivity contribution in [3.05, 3.63) is 42.9 Å². The van der Waals surface area contributed by atoms with Gasteiger partial charge in [0.25, 0.3) is 0 Å². The number of hydrogen-bond donors (Lipinski definition) is 1. The number of rotatable bonds is 3. The van der Waals surface area contributed by atoms with Crippen LogP contribution in [0.2, 0.25) is 0 Å². The van der Waals surface area contributed by atoms with Crippen LogP contribution in [-0.4, -0.2) is 50.4 Å². The second-order valence-corrected chi connectivity index (χ2v) is 9.27. The van der Waals surface area contributed by atoms with Gasteiger partial charge in [-0.2, -0.15) is 5.10 Å². The molecule has 1 aliphatic heterocycles.